The number of hydrogen-bond acceptors (Lipinski definition) is 5. The van der Waals surface area contributed by atoms with Crippen LogP contribution in [0.2, 0.25) is 0 Å². The van der Waals surface area contributed by atoms with Gasteiger partial charge in [0.15, 0.2) is 5.69 Å². The number of hydrogen-bond donors (Lipinski definition) is 1. The molecule has 1 aromatic carbocycles. The smallest absolute Gasteiger partial charge is 0.275 e. The molecule has 3 aromatic rings. The molecule has 3 heterocycles. The molecule has 7 nitrogen and oxygen atoms in total. The summed E-state index contributed by atoms with van der Waals surface area (Å²) in [6, 6.07) is 13.9. The largest absolute Gasteiger partial charge is 0.493 e. The Labute approximate surface area is 200 Å². The minimum atomic E-state index is -0.00872. The molecule has 7 heteroatoms. The molecule has 1 N–H and O–H groups in total. The molecule has 34 heavy (non-hydrogen) atoms. The van der Waals surface area contributed by atoms with Crippen LogP contribution in [0, 0.1) is 0 Å². The summed E-state index contributed by atoms with van der Waals surface area (Å²) in [7, 11) is 0. The predicted octanol–water partition coefficient (Wildman–Crippen LogP) is 4.13. The van der Waals surface area contributed by atoms with Crippen LogP contribution in [0.3, 0.4) is 0 Å². The number of pyridine rings is 1. The maximum atomic E-state index is 13.6. The summed E-state index contributed by atoms with van der Waals surface area (Å²) in [5.41, 5.74) is 4.89. The first kappa shape index (κ1) is 22.6. The molecule has 1 aliphatic heterocycles. The lowest BCUT2D eigenvalue weighted by atomic mass is 9.95. The molecule has 2 aliphatic rings. The number of carbonyl (C=O) groups excluding carboxylic acids is 1. The minimum Gasteiger partial charge on any atom is -0.493 e. The van der Waals surface area contributed by atoms with Crippen molar-refractivity contribution in [1.29, 1.82) is 0 Å². The average Bonchev–Trinajstić information content (AvgIpc) is 3.55. The topological polar surface area (TPSA) is 80.3 Å². The van der Waals surface area contributed by atoms with Gasteiger partial charge in [0.1, 0.15) is 5.75 Å². The number of amides is 1. The Bertz CT molecular complexity index is 1080. The second-order valence-corrected chi connectivity index (χ2v) is 9.12. The summed E-state index contributed by atoms with van der Waals surface area (Å²) in [6.07, 6.45) is 8.86. The Balaban J connectivity index is 1.24. The zero-order valence-corrected chi connectivity index (χ0v) is 19.5. The van der Waals surface area contributed by atoms with E-state index in [-0.39, 0.29) is 12.0 Å². The van der Waals surface area contributed by atoms with E-state index in [0.717, 1.165) is 79.8 Å². The molecule has 1 unspecified atom stereocenters. The molecule has 0 radical (unpaired) electrons. The van der Waals surface area contributed by atoms with E-state index in [1.807, 2.05) is 47.4 Å². The van der Waals surface area contributed by atoms with Crippen LogP contribution < -0.4 is 4.74 Å². The van der Waals surface area contributed by atoms with Crippen molar-refractivity contribution < 1.29 is 14.3 Å². The number of ether oxygens (including phenoxy) is 2. The summed E-state index contributed by atoms with van der Waals surface area (Å²) in [6.45, 7) is 2.45. The average molecular weight is 461 g/mol. The summed E-state index contributed by atoms with van der Waals surface area (Å²) in [4.78, 5) is 19.8. The Morgan fingerprint density at radius 2 is 2.00 bits per heavy atom. The van der Waals surface area contributed by atoms with E-state index in [1.54, 1.807) is 6.20 Å². The number of aryl methyl sites for hydroxylation is 1. The van der Waals surface area contributed by atoms with Crippen molar-refractivity contribution in [1.82, 2.24) is 20.1 Å². The molecule has 2 aromatic heterocycles. The quantitative estimate of drug-likeness (QED) is 0.519. The van der Waals surface area contributed by atoms with Crippen molar-refractivity contribution >= 4 is 5.91 Å². The van der Waals surface area contributed by atoms with Crippen molar-refractivity contribution in [3.05, 3.63) is 76.9 Å². The number of nitrogens with zero attached hydrogens (tertiary/aromatic N) is 3. The van der Waals surface area contributed by atoms with Crippen molar-refractivity contribution in [2.24, 2.45) is 0 Å². The summed E-state index contributed by atoms with van der Waals surface area (Å²) < 4.78 is 11.7. The van der Waals surface area contributed by atoms with E-state index >= 15 is 0 Å². The van der Waals surface area contributed by atoms with Gasteiger partial charge in [-0.2, -0.15) is 5.10 Å². The Morgan fingerprint density at radius 1 is 1.12 bits per heavy atom. The fourth-order valence-electron chi connectivity index (χ4n) is 4.79. The molecular formula is C27H32N4O3. The number of aromatic nitrogens is 3. The highest BCUT2D eigenvalue weighted by molar-refractivity contribution is 5.94. The second-order valence-electron chi connectivity index (χ2n) is 9.12. The van der Waals surface area contributed by atoms with Crippen LogP contribution in [0.25, 0.3) is 0 Å². The normalized spacial score (nSPS) is 17.4. The SMILES string of the molecule is O=C(c1n[nH]c2c1CCCC2)N(Cc1ccc(OCCc2ccccn2)cc1)CC1CCCO1. The molecule has 178 valence electrons. The Hall–Kier alpha value is -3.19. The van der Waals surface area contributed by atoms with E-state index in [2.05, 4.69) is 15.2 Å². The zero-order chi connectivity index (χ0) is 23.2. The molecule has 1 amide bonds. The molecule has 5 rings (SSSR count). The molecule has 0 saturated carbocycles. The highest BCUT2D eigenvalue weighted by Gasteiger charge is 2.28. The number of carbonyl (C=O) groups is 1. The van der Waals surface area contributed by atoms with E-state index in [0.29, 0.717) is 25.4 Å². The van der Waals surface area contributed by atoms with Crippen LogP contribution in [0.5, 0.6) is 5.75 Å². The van der Waals surface area contributed by atoms with Gasteiger partial charge >= 0.3 is 0 Å². The number of H-pyrrole nitrogens is 1. The van der Waals surface area contributed by atoms with Crippen LogP contribution in [0.1, 0.15) is 58.7 Å². The van der Waals surface area contributed by atoms with Crippen LogP contribution in [0.15, 0.2) is 48.7 Å². The predicted molar refractivity (Wildman–Crippen MR) is 129 cm³/mol. The van der Waals surface area contributed by atoms with Gasteiger partial charge in [-0.05, 0) is 68.4 Å². The monoisotopic (exact) mass is 460 g/mol. The molecule has 1 fully saturated rings. The third-order valence-electron chi connectivity index (χ3n) is 6.64. The number of aromatic amines is 1. The van der Waals surface area contributed by atoms with E-state index in [4.69, 9.17) is 9.47 Å². The summed E-state index contributed by atoms with van der Waals surface area (Å²) >= 11 is 0. The fraction of sp³-hybridized carbons (Fsp3) is 0.444. The van der Waals surface area contributed by atoms with Crippen molar-refractivity contribution in [2.45, 2.75) is 57.6 Å². The van der Waals surface area contributed by atoms with Gasteiger partial charge in [0.2, 0.25) is 0 Å². The van der Waals surface area contributed by atoms with Gasteiger partial charge in [-0.3, -0.25) is 14.9 Å². The number of fused-ring (bicyclic) bond motifs is 1. The molecular weight excluding hydrogens is 428 g/mol. The van der Waals surface area contributed by atoms with Crippen molar-refractivity contribution in [2.75, 3.05) is 19.8 Å². The van der Waals surface area contributed by atoms with Gasteiger partial charge in [-0.15, -0.1) is 0 Å². The maximum Gasteiger partial charge on any atom is 0.275 e. The van der Waals surface area contributed by atoms with Gasteiger partial charge in [0, 0.05) is 49.3 Å². The fourth-order valence-corrected chi connectivity index (χ4v) is 4.79. The number of benzene rings is 1. The standard InChI is InChI=1S/C27H32N4O3/c32-27(26-24-8-1-2-9-25(24)29-30-26)31(19-23-7-5-16-33-23)18-20-10-12-22(13-11-20)34-17-14-21-6-3-4-15-28-21/h3-4,6,10-13,15,23H,1-2,5,7-9,14,16-19H2,(H,29,30). The third-order valence-corrected chi connectivity index (χ3v) is 6.64. The number of nitrogens with one attached hydrogen (secondary N) is 1. The van der Waals surface area contributed by atoms with Crippen LogP contribution >= 0.6 is 0 Å². The number of rotatable bonds is 9. The zero-order valence-electron chi connectivity index (χ0n) is 19.5. The van der Waals surface area contributed by atoms with Gasteiger partial charge in [-0.25, -0.2) is 0 Å². The third kappa shape index (κ3) is 5.47. The lowest BCUT2D eigenvalue weighted by Crippen LogP contribution is -2.37. The van der Waals surface area contributed by atoms with Gasteiger partial charge < -0.3 is 14.4 Å². The first-order valence-electron chi connectivity index (χ1n) is 12.3. The van der Waals surface area contributed by atoms with Crippen molar-refractivity contribution in [3.8, 4) is 5.75 Å². The van der Waals surface area contributed by atoms with Gasteiger partial charge in [-0.1, -0.05) is 18.2 Å². The Kier molecular flexibility index (Phi) is 7.19. The molecule has 0 spiro atoms. The lowest BCUT2D eigenvalue weighted by molar-refractivity contribution is 0.0502. The van der Waals surface area contributed by atoms with E-state index in [1.165, 1.54) is 0 Å². The van der Waals surface area contributed by atoms with Crippen LogP contribution in [0.4, 0.5) is 0 Å². The molecule has 0 bridgehead atoms. The highest BCUT2D eigenvalue weighted by Crippen LogP contribution is 2.25. The Morgan fingerprint density at radius 3 is 2.79 bits per heavy atom. The molecule has 1 atom stereocenters. The first-order chi connectivity index (χ1) is 16.8. The summed E-state index contributed by atoms with van der Waals surface area (Å²) in [5.74, 6) is 0.809. The highest BCUT2D eigenvalue weighted by atomic mass is 16.5. The van der Waals surface area contributed by atoms with Crippen LogP contribution in [-0.2, 0) is 30.5 Å². The van der Waals surface area contributed by atoms with Crippen LogP contribution in [-0.4, -0.2) is 51.9 Å². The first-order valence-corrected chi connectivity index (χ1v) is 12.3. The molecule has 1 aliphatic carbocycles. The second kappa shape index (κ2) is 10.8. The van der Waals surface area contributed by atoms with Crippen molar-refractivity contribution in [3.63, 3.8) is 0 Å². The maximum absolute atomic E-state index is 13.6. The minimum absolute atomic E-state index is 0.00872. The molecule has 1 saturated heterocycles. The van der Waals surface area contributed by atoms with E-state index in [9.17, 15) is 4.79 Å². The summed E-state index contributed by atoms with van der Waals surface area (Å²) in [5, 5.41) is 7.53. The van der Waals surface area contributed by atoms with Gasteiger partial charge in [0.25, 0.3) is 5.91 Å². The van der Waals surface area contributed by atoms with Gasteiger partial charge in [0.05, 0.1) is 12.7 Å². The lowest BCUT2D eigenvalue weighted by Gasteiger charge is -2.26. The van der Waals surface area contributed by atoms with E-state index < -0.39 is 0 Å².